The molecule has 1 aromatic heterocycles. The second kappa shape index (κ2) is 6.94. The van der Waals surface area contributed by atoms with Gasteiger partial charge in [0.15, 0.2) is 5.96 Å². The van der Waals surface area contributed by atoms with Crippen molar-refractivity contribution in [2.45, 2.75) is 25.9 Å². The van der Waals surface area contributed by atoms with E-state index >= 15 is 0 Å². The van der Waals surface area contributed by atoms with Gasteiger partial charge in [0.2, 0.25) is 0 Å². The number of nitrogens with one attached hydrogen (secondary N) is 2. The van der Waals surface area contributed by atoms with Gasteiger partial charge in [-0.05, 0) is 45.3 Å². The zero-order valence-corrected chi connectivity index (χ0v) is 14.6. The van der Waals surface area contributed by atoms with E-state index in [1.165, 1.54) is 15.8 Å². The van der Waals surface area contributed by atoms with E-state index in [0.717, 1.165) is 18.4 Å². The van der Waals surface area contributed by atoms with Crippen LogP contribution in [0, 0.1) is 5.92 Å². The van der Waals surface area contributed by atoms with Crippen LogP contribution in [0.3, 0.4) is 0 Å². The van der Waals surface area contributed by atoms with Crippen LogP contribution < -0.4 is 10.6 Å². The van der Waals surface area contributed by atoms with E-state index in [9.17, 15) is 0 Å². The molecule has 1 heterocycles. The molecule has 2 unspecified atom stereocenters. The molecule has 3 nitrogen and oxygen atoms in total. The van der Waals surface area contributed by atoms with Gasteiger partial charge in [-0.3, -0.25) is 4.99 Å². The molecule has 17 heavy (non-hydrogen) atoms. The number of halogens is 2. The fraction of sp³-hybridized carbons (Fsp3) is 0.545. The van der Waals surface area contributed by atoms with Gasteiger partial charge in [-0.15, -0.1) is 35.3 Å². The summed E-state index contributed by atoms with van der Waals surface area (Å²) in [5.41, 5.74) is 1.28. The van der Waals surface area contributed by atoms with E-state index in [-0.39, 0.29) is 24.0 Å². The number of rotatable bonds is 3. The van der Waals surface area contributed by atoms with Gasteiger partial charge in [-0.2, -0.15) is 0 Å². The molecule has 1 saturated carbocycles. The first-order valence-corrected chi connectivity index (χ1v) is 7.06. The largest absolute Gasteiger partial charge is 0.353 e. The van der Waals surface area contributed by atoms with Crippen molar-refractivity contribution in [3.05, 3.63) is 20.8 Å². The van der Waals surface area contributed by atoms with Crippen molar-refractivity contribution in [1.29, 1.82) is 0 Å². The van der Waals surface area contributed by atoms with Crippen molar-refractivity contribution < 1.29 is 0 Å². The Hall–Kier alpha value is 0.180. The van der Waals surface area contributed by atoms with Crippen LogP contribution in [0.25, 0.3) is 0 Å². The predicted molar refractivity (Wildman–Crippen MR) is 88.3 cm³/mol. The Labute approximate surface area is 132 Å². The van der Waals surface area contributed by atoms with Crippen LogP contribution in [-0.4, -0.2) is 19.0 Å². The van der Waals surface area contributed by atoms with Crippen molar-refractivity contribution in [2.24, 2.45) is 10.9 Å². The summed E-state index contributed by atoms with van der Waals surface area (Å²) in [5.74, 6) is 1.69. The molecule has 0 aliphatic heterocycles. The molecule has 1 aliphatic carbocycles. The lowest BCUT2D eigenvalue weighted by Crippen LogP contribution is -2.38. The Balaban J connectivity index is 0.00000144. The minimum atomic E-state index is 0. The van der Waals surface area contributed by atoms with Gasteiger partial charge >= 0.3 is 0 Å². The summed E-state index contributed by atoms with van der Waals surface area (Å²) in [6.45, 7) is 3.07. The molecule has 96 valence electrons. The van der Waals surface area contributed by atoms with Crippen LogP contribution in [0.4, 0.5) is 0 Å². The molecular formula is C11H17BrIN3S. The molecule has 6 heteroatoms. The fourth-order valence-electron chi connectivity index (χ4n) is 1.52. The highest BCUT2D eigenvalue weighted by Crippen LogP contribution is 2.28. The number of guanidine groups is 1. The van der Waals surface area contributed by atoms with Gasteiger partial charge in [0.1, 0.15) is 0 Å². The maximum Gasteiger partial charge on any atom is 0.191 e. The summed E-state index contributed by atoms with van der Waals surface area (Å²) < 4.78 is 1.17. The predicted octanol–water partition coefficient (Wildman–Crippen LogP) is 3.20. The highest BCUT2D eigenvalue weighted by Gasteiger charge is 2.33. The van der Waals surface area contributed by atoms with Crippen LogP contribution >= 0.6 is 51.2 Å². The van der Waals surface area contributed by atoms with Crippen LogP contribution in [-0.2, 0) is 6.54 Å². The van der Waals surface area contributed by atoms with Crippen molar-refractivity contribution >= 4 is 57.2 Å². The van der Waals surface area contributed by atoms with Gasteiger partial charge in [0, 0.05) is 19.6 Å². The molecule has 0 bridgehead atoms. The van der Waals surface area contributed by atoms with E-state index in [2.05, 4.69) is 49.9 Å². The third-order valence-corrected chi connectivity index (χ3v) is 4.29. The Morgan fingerprint density at radius 1 is 1.65 bits per heavy atom. The van der Waals surface area contributed by atoms with Crippen LogP contribution in [0.15, 0.2) is 20.2 Å². The van der Waals surface area contributed by atoms with Crippen molar-refractivity contribution in [2.75, 3.05) is 7.05 Å². The third-order valence-electron chi connectivity index (χ3n) is 2.74. The fourth-order valence-corrected chi connectivity index (χ4v) is 2.73. The monoisotopic (exact) mass is 429 g/mol. The molecular weight excluding hydrogens is 413 g/mol. The standard InChI is InChI=1S/C11H16BrN3S.HI/c1-7-3-9(7)15-11(13-2)14-5-8-4-10(12)16-6-8;/h4,6-7,9H,3,5H2,1-2H3,(H2,13,14,15);1H. The molecule has 2 rings (SSSR count). The minimum absolute atomic E-state index is 0. The Morgan fingerprint density at radius 2 is 2.35 bits per heavy atom. The first-order valence-electron chi connectivity index (χ1n) is 5.39. The Kier molecular flexibility index (Phi) is 6.22. The second-order valence-electron chi connectivity index (χ2n) is 4.15. The average Bonchev–Trinajstić information content (AvgIpc) is 2.78. The summed E-state index contributed by atoms with van der Waals surface area (Å²) in [5, 5.41) is 8.86. The second-order valence-corrected chi connectivity index (χ2v) is 6.44. The molecule has 2 N–H and O–H groups in total. The smallest absolute Gasteiger partial charge is 0.191 e. The highest BCUT2D eigenvalue weighted by atomic mass is 127. The SMILES string of the molecule is CN=C(NCc1csc(Br)c1)NC1CC1C.I. The van der Waals surface area contributed by atoms with E-state index in [1.54, 1.807) is 11.3 Å². The number of hydrogen-bond donors (Lipinski definition) is 2. The molecule has 0 radical (unpaired) electrons. The first-order chi connectivity index (χ1) is 7.69. The molecule has 0 aromatic carbocycles. The Bertz CT molecular complexity index is 394. The van der Waals surface area contributed by atoms with E-state index in [4.69, 9.17) is 0 Å². The summed E-state index contributed by atoms with van der Waals surface area (Å²) in [7, 11) is 1.81. The number of hydrogen-bond acceptors (Lipinski definition) is 2. The lowest BCUT2D eigenvalue weighted by Gasteiger charge is -2.10. The molecule has 0 saturated heterocycles. The topological polar surface area (TPSA) is 36.4 Å². The molecule has 0 spiro atoms. The minimum Gasteiger partial charge on any atom is -0.353 e. The summed E-state index contributed by atoms with van der Waals surface area (Å²) in [6, 6.07) is 2.74. The third kappa shape index (κ3) is 4.75. The molecule has 1 fully saturated rings. The van der Waals surface area contributed by atoms with Gasteiger partial charge in [-0.25, -0.2) is 0 Å². The summed E-state index contributed by atoms with van der Waals surface area (Å²) in [6.07, 6.45) is 1.25. The van der Waals surface area contributed by atoms with Gasteiger partial charge in [0.05, 0.1) is 3.79 Å². The quantitative estimate of drug-likeness (QED) is 0.439. The normalized spacial score (nSPS) is 22.9. The lowest BCUT2D eigenvalue weighted by molar-refractivity contribution is 0.764. The maximum atomic E-state index is 4.21. The molecule has 2 atom stereocenters. The van der Waals surface area contributed by atoms with E-state index in [1.807, 2.05) is 7.05 Å². The van der Waals surface area contributed by atoms with Gasteiger partial charge in [0.25, 0.3) is 0 Å². The zero-order valence-electron chi connectivity index (χ0n) is 9.87. The van der Waals surface area contributed by atoms with E-state index in [0.29, 0.717) is 6.04 Å². The number of aliphatic imine (C=N–C) groups is 1. The summed E-state index contributed by atoms with van der Waals surface area (Å²) in [4.78, 5) is 4.21. The number of nitrogens with zero attached hydrogens (tertiary/aromatic N) is 1. The van der Waals surface area contributed by atoms with Crippen molar-refractivity contribution in [1.82, 2.24) is 10.6 Å². The molecule has 1 aliphatic rings. The van der Waals surface area contributed by atoms with Crippen LogP contribution in [0.5, 0.6) is 0 Å². The van der Waals surface area contributed by atoms with Crippen molar-refractivity contribution in [3.63, 3.8) is 0 Å². The number of thiophene rings is 1. The first kappa shape index (κ1) is 15.2. The maximum absolute atomic E-state index is 4.21. The average molecular weight is 430 g/mol. The Morgan fingerprint density at radius 3 is 2.82 bits per heavy atom. The van der Waals surface area contributed by atoms with E-state index < -0.39 is 0 Å². The zero-order chi connectivity index (χ0) is 11.5. The summed E-state index contributed by atoms with van der Waals surface area (Å²) >= 11 is 5.17. The molecule has 1 aromatic rings. The van der Waals surface area contributed by atoms with Crippen LogP contribution in [0.1, 0.15) is 18.9 Å². The highest BCUT2D eigenvalue weighted by molar-refractivity contribution is 14.0. The lowest BCUT2D eigenvalue weighted by atomic mass is 10.3. The van der Waals surface area contributed by atoms with Crippen molar-refractivity contribution in [3.8, 4) is 0 Å². The molecule has 0 amide bonds. The van der Waals surface area contributed by atoms with Crippen LogP contribution in [0.2, 0.25) is 0 Å². The van der Waals surface area contributed by atoms with Gasteiger partial charge in [-0.1, -0.05) is 6.92 Å². The van der Waals surface area contributed by atoms with Gasteiger partial charge < -0.3 is 10.6 Å².